The number of rotatable bonds is 6. The number of hydrogen-bond acceptors (Lipinski definition) is 3. The highest BCUT2D eigenvalue weighted by Crippen LogP contribution is 2.29. The van der Waals surface area contributed by atoms with Crippen LogP contribution in [0.1, 0.15) is 20.8 Å². The van der Waals surface area contributed by atoms with Crippen LogP contribution < -0.4 is 10.1 Å². The summed E-state index contributed by atoms with van der Waals surface area (Å²) in [4.78, 5) is 11.8. The molecule has 0 aromatic heterocycles. The molecular weight excluding hydrogens is 346 g/mol. The van der Waals surface area contributed by atoms with Gasteiger partial charge in [-0.1, -0.05) is 27.5 Å². The van der Waals surface area contributed by atoms with Gasteiger partial charge in [-0.3, -0.25) is 4.79 Å². The lowest BCUT2D eigenvalue weighted by atomic mass is 10.2. The Hall–Kier alpha value is -0.780. The van der Waals surface area contributed by atoms with Crippen molar-refractivity contribution in [3.8, 4) is 5.75 Å². The quantitative estimate of drug-likeness (QED) is 0.780. The van der Waals surface area contributed by atoms with Gasteiger partial charge < -0.3 is 14.8 Å². The van der Waals surface area contributed by atoms with Gasteiger partial charge in [0.05, 0.1) is 16.0 Å². The summed E-state index contributed by atoms with van der Waals surface area (Å²) in [6.45, 7) is 5.91. The normalized spacial score (nSPS) is 12.9. The molecule has 1 aromatic rings. The second-order valence-corrected chi connectivity index (χ2v) is 7.35. The number of carbonyl (C=O) groups excluding carboxylic acids is 1. The predicted octanol–water partition coefficient (Wildman–Crippen LogP) is 3.87. The molecule has 0 heterocycles. The third-order valence-electron chi connectivity index (χ3n) is 2.46. The number of methoxy groups -OCH3 is 1. The maximum atomic E-state index is 11.8. The number of halogens is 2. The van der Waals surface area contributed by atoms with Crippen LogP contribution in [0.15, 0.2) is 18.2 Å². The van der Waals surface area contributed by atoms with Crippen LogP contribution in [-0.2, 0) is 9.53 Å². The van der Waals surface area contributed by atoms with Crippen LogP contribution in [0.5, 0.6) is 5.75 Å². The fraction of sp³-hybridized carbons (Fsp3) is 0.500. The Balaban J connectivity index is 2.75. The van der Waals surface area contributed by atoms with Gasteiger partial charge in [0, 0.05) is 12.8 Å². The van der Waals surface area contributed by atoms with Crippen molar-refractivity contribution in [2.75, 3.05) is 19.0 Å². The number of anilines is 1. The number of carbonyl (C=O) groups is 1. The fourth-order valence-electron chi connectivity index (χ4n) is 1.44. The molecule has 1 unspecified atom stereocenters. The first-order valence-corrected chi connectivity index (χ1v) is 7.36. The predicted molar refractivity (Wildman–Crippen MR) is 85.1 cm³/mol. The van der Waals surface area contributed by atoms with Crippen molar-refractivity contribution in [3.63, 3.8) is 0 Å². The van der Waals surface area contributed by atoms with Crippen LogP contribution in [0, 0.1) is 0 Å². The van der Waals surface area contributed by atoms with Crippen molar-refractivity contribution >= 4 is 39.1 Å². The summed E-state index contributed by atoms with van der Waals surface area (Å²) < 4.78 is 10.00. The van der Waals surface area contributed by atoms with Crippen molar-refractivity contribution in [2.24, 2.45) is 0 Å². The third kappa shape index (κ3) is 5.31. The van der Waals surface area contributed by atoms with E-state index in [0.717, 1.165) is 0 Å². The van der Waals surface area contributed by atoms with Gasteiger partial charge >= 0.3 is 0 Å². The Morgan fingerprint density at radius 3 is 2.65 bits per heavy atom. The monoisotopic (exact) mass is 363 g/mol. The lowest BCUT2D eigenvalue weighted by Crippen LogP contribution is -2.30. The number of nitrogens with one attached hydrogen (secondary N) is 1. The zero-order valence-corrected chi connectivity index (χ0v) is 14.3. The van der Waals surface area contributed by atoms with E-state index in [4.69, 9.17) is 21.1 Å². The summed E-state index contributed by atoms with van der Waals surface area (Å²) in [6, 6.07) is 5.13. The minimum atomic E-state index is -0.637. The zero-order valence-electron chi connectivity index (χ0n) is 12.0. The molecule has 1 aromatic carbocycles. The molecule has 0 saturated heterocycles. The SMILES string of the molecule is COCC(C)Oc1ccc(NC(=O)C(C)(C)Br)cc1Cl. The minimum absolute atomic E-state index is 0.0978. The first-order chi connectivity index (χ1) is 9.24. The average Bonchev–Trinajstić information content (AvgIpc) is 2.31. The van der Waals surface area contributed by atoms with Crippen molar-refractivity contribution in [2.45, 2.75) is 31.2 Å². The molecule has 1 N–H and O–H groups in total. The molecule has 0 bridgehead atoms. The highest BCUT2D eigenvalue weighted by atomic mass is 79.9. The highest BCUT2D eigenvalue weighted by Gasteiger charge is 2.23. The van der Waals surface area contributed by atoms with Gasteiger partial charge in [-0.2, -0.15) is 0 Å². The Labute approximate surface area is 132 Å². The molecule has 1 amide bonds. The van der Waals surface area contributed by atoms with Gasteiger partial charge in [0.15, 0.2) is 0 Å². The second-order valence-electron chi connectivity index (χ2n) is 4.96. The van der Waals surface area contributed by atoms with Crippen molar-refractivity contribution in [3.05, 3.63) is 23.2 Å². The van der Waals surface area contributed by atoms with Gasteiger partial charge in [0.25, 0.3) is 0 Å². The lowest BCUT2D eigenvalue weighted by molar-refractivity contribution is -0.117. The van der Waals surface area contributed by atoms with E-state index in [1.165, 1.54) is 0 Å². The molecule has 112 valence electrons. The molecule has 4 nitrogen and oxygen atoms in total. The summed E-state index contributed by atoms with van der Waals surface area (Å²) in [7, 11) is 1.61. The van der Waals surface area contributed by atoms with Crippen LogP contribution in [0.4, 0.5) is 5.69 Å². The molecule has 6 heteroatoms. The van der Waals surface area contributed by atoms with Gasteiger partial charge in [0.2, 0.25) is 5.91 Å². The number of alkyl halides is 1. The van der Waals surface area contributed by atoms with E-state index in [0.29, 0.717) is 23.1 Å². The highest BCUT2D eigenvalue weighted by molar-refractivity contribution is 9.10. The first kappa shape index (κ1) is 17.3. The van der Waals surface area contributed by atoms with Crippen LogP contribution in [0.25, 0.3) is 0 Å². The molecule has 0 aliphatic carbocycles. The molecule has 0 fully saturated rings. The van der Waals surface area contributed by atoms with Gasteiger partial charge in [-0.15, -0.1) is 0 Å². The van der Waals surface area contributed by atoms with E-state index in [1.54, 1.807) is 39.2 Å². The number of ether oxygens (including phenoxy) is 2. The van der Waals surface area contributed by atoms with E-state index in [2.05, 4.69) is 21.2 Å². The Bertz CT molecular complexity index is 474. The molecule has 1 rings (SSSR count). The average molecular weight is 365 g/mol. The number of amides is 1. The first-order valence-electron chi connectivity index (χ1n) is 6.19. The van der Waals surface area contributed by atoms with Crippen LogP contribution in [-0.4, -0.2) is 30.1 Å². The summed E-state index contributed by atoms with van der Waals surface area (Å²) in [5.41, 5.74) is 0.624. The zero-order chi connectivity index (χ0) is 15.3. The van der Waals surface area contributed by atoms with Crippen molar-refractivity contribution in [1.82, 2.24) is 0 Å². The van der Waals surface area contributed by atoms with Crippen LogP contribution in [0.2, 0.25) is 5.02 Å². The maximum Gasteiger partial charge on any atom is 0.240 e. The standard InChI is InChI=1S/C14H19BrClNO3/c1-9(8-19-4)20-12-6-5-10(7-11(12)16)17-13(18)14(2,3)15/h5-7,9H,8H2,1-4H3,(H,17,18). The van der Waals surface area contributed by atoms with E-state index in [-0.39, 0.29) is 12.0 Å². The van der Waals surface area contributed by atoms with Crippen molar-refractivity contribution < 1.29 is 14.3 Å². The summed E-state index contributed by atoms with van der Waals surface area (Å²) in [6.07, 6.45) is -0.0978. The lowest BCUT2D eigenvalue weighted by Gasteiger charge is -2.18. The Morgan fingerprint density at radius 2 is 2.15 bits per heavy atom. The Morgan fingerprint density at radius 1 is 1.50 bits per heavy atom. The molecule has 20 heavy (non-hydrogen) atoms. The maximum absolute atomic E-state index is 11.8. The molecule has 1 atom stereocenters. The summed E-state index contributed by atoms with van der Waals surface area (Å²) in [5.74, 6) is 0.419. The van der Waals surface area contributed by atoms with Crippen molar-refractivity contribution in [1.29, 1.82) is 0 Å². The van der Waals surface area contributed by atoms with Crippen LogP contribution in [0.3, 0.4) is 0 Å². The summed E-state index contributed by atoms with van der Waals surface area (Å²) >= 11 is 9.44. The number of hydrogen-bond donors (Lipinski definition) is 1. The van der Waals surface area contributed by atoms with Gasteiger partial charge in [-0.25, -0.2) is 0 Å². The van der Waals surface area contributed by atoms with Gasteiger partial charge in [-0.05, 0) is 39.0 Å². The van der Waals surface area contributed by atoms with E-state index in [1.807, 2.05) is 6.92 Å². The van der Waals surface area contributed by atoms with E-state index >= 15 is 0 Å². The minimum Gasteiger partial charge on any atom is -0.487 e. The molecule has 0 aliphatic rings. The largest absolute Gasteiger partial charge is 0.487 e. The van der Waals surface area contributed by atoms with E-state index in [9.17, 15) is 4.79 Å². The topological polar surface area (TPSA) is 47.6 Å². The molecule has 0 radical (unpaired) electrons. The Kier molecular flexibility index (Phi) is 6.30. The second kappa shape index (κ2) is 7.29. The molecule has 0 spiro atoms. The molecule has 0 saturated carbocycles. The summed E-state index contributed by atoms with van der Waals surface area (Å²) in [5, 5.41) is 3.22. The van der Waals surface area contributed by atoms with E-state index < -0.39 is 4.32 Å². The molecule has 0 aliphatic heterocycles. The smallest absolute Gasteiger partial charge is 0.240 e. The van der Waals surface area contributed by atoms with Gasteiger partial charge in [0.1, 0.15) is 11.9 Å². The number of benzene rings is 1. The molecular formula is C14H19BrClNO3. The fourth-order valence-corrected chi connectivity index (χ4v) is 1.76. The van der Waals surface area contributed by atoms with Crippen LogP contribution >= 0.6 is 27.5 Å². The third-order valence-corrected chi connectivity index (χ3v) is 3.11.